The Morgan fingerprint density at radius 2 is 2.12 bits per heavy atom. The number of esters is 1. The number of rotatable bonds is 5. The summed E-state index contributed by atoms with van der Waals surface area (Å²) in [6.45, 7) is -0.118. The number of nitro benzene ring substituents is 1. The van der Waals surface area contributed by atoms with Gasteiger partial charge in [-0.05, 0) is 23.8 Å². The van der Waals surface area contributed by atoms with Crippen LogP contribution in [0.5, 0.6) is 0 Å². The van der Waals surface area contributed by atoms with E-state index >= 15 is 0 Å². The van der Waals surface area contributed by atoms with Crippen molar-refractivity contribution in [1.82, 2.24) is 9.38 Å². The number of benzene rings is 1. The van der Waals surface area contributed by atoms with Gasteiger partial charge in [0.05, 0.1) is 10.6 Å². The number of aromatic nitrogens is 2. The normalized spacial score (nSPS) is 11.0. The van der Waals surface area contributed by atoms with Crippen LogP contribution in [-0.4, -0.2) is 20.3 Å². The van der Waals surface area contributed by atoms with Crippen LogP contribution >= 0.6 is 11.3 Å². The summed E-state index contributed by atoms with van der Waals surface area (Å²) in [5.74, 6) is -0.605. The second kappa shape index (κ2) is 7.05. The average molecular weight is 357 g/mol. The first-order chi connectivity index (χ1) is 12.0. The van der Waals surface area contributed by atoms with Gasteiger partial charge in [0, 0.05) is 35.9 Å². The van der Waals surface area contributed by atoms with Gasteiger partial charge in [0.2, 0.25) is 0 Å². The fourth-order valence-electron chi connectivity index (χ4n) is 2.03. The third-order valence-electron chi connectivity index (χ3n) is 3.23. The predicted octanol–water partition coefficient (Wildman–Crippen LogP) is 2.42. The average Bonchev–Trinajstić information content (AvgIpc) is 3.07. The van der Waals surface area contributed by atoms with Crippen LogP contribution in [0.25, 0.3) is 11.0 Å². The molecule has 0 aliphatic rings. The molecule has 0 atom stereocenters. The summed E-state index contributed by atoms with van der Waals surface area (Å²) in [5, 5.41) is 12.3. The first-order valence-electron chi connectivity index (χ1n) is 7.08. The van der Waals surface area contributed by atoms with Crippen molar-refractivity contribution >= 4 is 34.0 Å². The van der Waals surface area contributed by atoms with Crippen LogP contribution in [-0.2, 0) is 16.1 Å². The Labute approximate surface area is 144 Å². The highest BCUT2D eigenvalue weighted by molar-refractivity contribution is 7.15. The van der Waals surface area contributed by atoms with Crippen LogP contribution < -0.4 is 5.56 Å². The third kappa shape index (κ3) is 3.96. The molecule has 0 saturated heterocycles. The summed E-state index contributed by atoms with van der Waals surface area (Å²) in [7, 11) is 0. The van der Waals surface area contributed by atoms with E-state index in [1.807, 2.05) is 0 Å². The lowest BCUT2D eigenvalue weighted by molar-refractivity contribution is -0.384. The number of nitro groups is 1. The van der Waals surface area contributed by atoms with Crippen molar-refractivity contribution in [3.8, 4) is 0 Å². The Balaban J connectivity index is 1.61. The van der Waals surface area contributed by atoms with E-state index in [4.69, 9.17) is 4.74 Å². The van der Waals surface area contributed by atoms with E-state index < -0.39 is 10.9 Å². The van der Waals surface area contributed by atoms with Crippen molar-refractivity contribution in [2.24, 2.45) is 0 Å². The summed E-state index contributed by atoms with van der Waals surface area (Å²) in [6, 6.07) is 7.05. The minimum atomic E-state index is -0.605. The van der Waals surface area contributed by atoms with Gasteiger partial charge < -0.3 is 4.74 Å². The molecular formula is C16H11N3O5S. The molecule has 2 heterocycles. The molecule has 3 rings (SSSR count). The molecule has 0 aliphatic heterocycles. The third-order valence-corrected chi connectivity index (χ3v) is 3.99. The highest BCUT2D eigenvalue weighted by Gasteiger charge is 2.06. The van der Waals surface area contributed by atoms with E-state index in [0.717, 1.165) is 0 Å². The Hall–Kier alpha value is -3.33. The van der Waals surface area contributed by atoms with Gasteiger partial charge in [-0.1, -0.05) is 0 Å². The quantitative estimate of drug-likeness (QED) is 0.301. The molecule has 0 spiro atoms. The molecule has 3 aromatic rings. The number of hydrogen-bond acceptors (Lipinski definition) is 7. The molecule has 0 fully saturated rings. The lowest BCUT2D eigenvalue weighted by Crippen LogP contribution is -2.14. The Morgan fingerprint density at radius 1 is 1.36 bits per heavy atom. The standard InChI is InChI=1S/C16H11N3O5S/c20-14-9-12(17-16-18(14)7-8-25-16)10-24-15(21)6-3-11-1-4-13(5-2-11)19(22)23/h1-9H,10H2. The van der Waals surface area contributed by atoms with Crippen molar-refractivity contribution in [3.05, 3.63) is 79.7 Å². The Morgan fingerprint density at radius 3 is 2.84 bits per heavy atom. The molecule has 0 unspecified atom stereocenters. The zero-order chi connectivity index (χ0) is 17.8. The van der Waals surface area contributed by atoms with E-state index in [1.54, 1.807) is 11.6 Å². The molecule has 1 aromatic carbocycles. The molecule has 0 saturated carbocycles. The first kappa shape index (κ1) is 16.5. The number of ether oxygens (including phenoxy) is 1. The first-order valence-corrected chi connectivity index (χ1v) is 7.96. The maximum absolute atomic E-state index is 11.8. The molecule has 126 valence electrons. The fraction of sp³-hybridized carbons (Fsp3) is 0.0625. The topological polar surface area (TPSA) is 104 Å². The second-order valence-electron chi connectivity index (χ2n) is 4.93. The summed E-state index contributed by atoms with van der Waals surface area (Å²) < 4.78 is 6.46. The molecular weight excluding hydrogens is 346 g/mol. The molecule has 0 radical (unpaired) electrons. The maximum atomic E-state index is 11.8. The van der Waals surface area contributed by atoms with Crippen LogP contribution in [0, 0.1) is 10.1 Å². The van der Waals surface area contributed by atoms with Crippen molar-refractivity contribution in [2.75, 3.05) is 0 Å². The van der Waals surface area contributed by atoms with Gasteiger partial charge in [0.1, 0.15) is 6.61 Å². The highest BCUT2D eigenvalue weighted by atomic mass is 32.1. The molecule has 8 nitrogen and oxygen atoms in total. The van der Waals surface area contributed by atoms with Crippen LogP contribution in [0.2, 0.25) is 0 Å². The number of thiazole rings is 1. The fourth-order valence-corrected chi connectivity index (χ4v) is 2.77. The minimum absolute atomic E-state index is 0.0268. The molecule has 0 N–H and O–H groups in total. The number of carbonyl (C=O) groups is 1. The summed E-state index contributed by atoms with van der Waals surface area (Å²) in [6.07, 6.45) is 4.31. The summed E-state index contributed by atoms with van der Waals surface area (Å²) >= 11 is 1.31. The summed E-state index contributed by atoms with van der Waals surface area (Å²) in [5.41, 5.74) is 0.725. The van der Waals surface area contributed by atoms with E-state index in [2.05, 4.69) is 4.98 Å². The molecule has 9 heteroatoms. The SMILES string of the molecule is O=C(C=Cc1ccc([N+](=O)[O-])cc1)OCc1cc(=O)n2ccsc2n1. The van der Waals surface area contributed by atoms with E-state index in [-0.39, 0.29) is 17.9 Å². The Bertz CT molecular complexity index is 1020. The van der Waals surface area contributed by atoms with Gasteiger partial charge in [-0.3, -0.25) is 19.3 Å². The van der Waals surface area contributed by atoms with Crippen LogP contribution in [0.4, 0.5) is 5.69 Å². The van der Waals surface area contributed by atoms with Gasteiger partial charge in [0.25, 0.3) is 11.2 Å². The van der Waals surface area contributed by atoms with Gasteiger partial charge in [0.15, 0.2) is 4.96 Å². The second-order valence-corrected chi connectivity index (χ2v) is 5.80. The zero-order valence-corrected chi connectivity index (χ0v) is 13.5. The number of non-ortho nitro benzene ring substituents is 1. The maximum Gasteiger partial charge on any atom is 0.331 e. The summed E-state index contributed by atoms with van der Waals surface area (Å²) in [4.78, 5) is 38.4. The molecule has 0 aliphatic carbocycles. The molecule has 0 amide bonds. The van der Waals surface area contributed by atoms with Crippen molar-refractivity contribution < 1.29 is 14.5 Å². The van der Waals surface area contributed by atoms with Gasteiger partial charge >= 0.3 is 5.97 Å². The van der Waals surface area contributed by atoms with Gasteiger partial charge in [-0.25, -0.2) is 9.78 Å². The molecule has 25 heavy (non-hydrogen) atoms. The van der Waals surface area contributed by atoms with E-state index in [0.29, 0.717) is 16.2 Å². The van der Waals surface area contributed by atoms with Crippen LogP contribution in [0.15, 0.2) is 52.8 Å². The van der Waals surface area contributed by atoms with Crippen LogP contribution in [0.3, 0.4) is 0 Å². The molecule has 0 bridgehead atoms. The largest absolute Gasteiger partial charge is 0.456 e. The van der Waals surface area contributed by atoms with Crippen molar-refractivity contribution in [1.29, 1.82) is 0 Å². The number of carbonyl (C=O) groups excluding carboxylic acids is 1. The number of fused-ring (bicyclic) bond motifs is 1. The Kier molecular flexibility index (Phi) is 4.66. The lowest BCUT2D eigenvalue weighted by Gasteiger charge is -2.02. The number of hydrogen-bond donors (Lipinski definition) is 0. The van der Waals surface area contributed by atoms with Gasteiger partial charge in [-0.2, -0.15) is 0 Å². The molecule has 2 aromatic heterocycles. The monoisotopic (exact) mass is 357 g/mol. The van der Waals surface area contributed by atoms with Crippen molar-refractivity contribution in [3.63, 3.8) is 0 Å². The smallest absolute Gasteiger partial charge is 0.331 e. The van der Waals surface area contributed by atoms with E-state index in [1.165, 1.54) is 58.2 Å². The van der Waals surface area contributed by atoms with Gasteiger partial charge in [-0.15, -0.1) is 11.3 Å². The van der Waals surface area contributed by atoms with Crippen molar-refractivity contribution in [2.45, 2.75) is 6.61 Å². The zero-order valence-electron chi connectivity index (χ0n) is 12.7. The van der Waals surface area contributed by atoms with Crippen LogP contribution in [0.1, 0.15) is 11.3 Å². The minimum Gasteiger partial charge on any atom is -0.456 e. The van der Waals surface area contributed by atoms with E-state index in [9.17, 15) is 19.7 Å². The number of nitrogens with zero attached hydrogens (tertiary/aromatic N) is 3. The highest BCUT2D eigenvalue weighted by Crippen LogP contribution is 2.13. The predicted molar refractivity (Wildman–Crippen MR) is 91.3 cm³/mol. The lowest BCUT2D eigenvalue weighted by atomic mass is 10.2.